The Balaban J connectivity index is 1.64. The lowest BCUT2D eigenvalue weighted by molar-refractivity contribution is -0.209. The number of alkyl halides is 2. The van der Waals surface area contributed by atoms with Crippen molar-refractivity contribution in [2.75, 3.05) is 19.0 Å². The molecule has 0 aromatic heterocycles. The van der Waals surface area contributed by atoms with Gasteiger partial charge in [0.05, 0.1) is 0 Å². The van der Waals surface area contributed by atoms with Crippen LogP contribution in [-0.2, 0) is 4.79 Å². The second-order valence-corrected chi connectivity index (χ2v) is 19.6. The molecule has 1 N–H and O–H groups in total. The molecule has 2 saturated carbocycles. The lowest BCUT2D eigenvalue weighted by Crippen LogP contribution is -2.60. The third-order valence-corrected chi connectivity index (χ3v) is 17.1. The van der Waals surface area contributed by atoms with Gasteiger partial charge < -0.3 is 10.0 Å². The van der Waals surface area contributed by atoms with Crippen LogP contribution in [0.4, 0.5) is 14.5 Å². The van der Waals surface area contributed by atoms with Gasteiger partial charge in [-0.2, -0.15) is 18.8 Å². The highest BCUT2D eigenvalue weighted by molar-refractivity contribution is 8.38. The largest absolute Gasteiger partial charge is 0.382 e. The summed E-state index contributed by atoms with van der Waals surface area (Å²) in [5, 5.41) is 16.2. The molecule has 4 aliphatic carbocycles. The first-order valence-corrected chi connectivity index (χ1v) is 18.5. The van der Waals surface area contributed by atoms with Crippen molar-refractivity contribution in [1.82, 2.24) is 0 Å². The van der Waals surface area contributed by atoms with Crippen molar-refractivity contribution in [3.8, 4) is 11.2 Å². The Labute approximate surface area is 266 Å². The van der Waals surface area contributed by atoms with Crippen molar-refractivity contribution in [2.45, 2.75) is 127 Å². The SMILES string of the molecule is CC(C)S(C#CC(F)(F)[C@]1(O)CCC2C3CCC4=CC(=O)CCC4=C3C(c3ccc(N(C)C)cc3)C[C@@]21C)(C(C)C)C(C)C. The molecule has 3 nitrogen and oxygen atoms in total. The van der Waals surface area contributed by atoms with Crippen LogP contribution in [0.2, 0.25) is 0 Å². The predicted molar refractivity (Wildman–Crippen MR) is 182 cm³/mol. The number of aliphatic hydroxyl groups is 1. The Morgan fingerprint density at radius 3 is 2.16 bits per heavy atom. The Kier molecular flexibility index (Phi) is 8.78. The lowest BCUT2D eigenvalue weighted by Gasteiger charge is -2.55. The summed E-state index contributed by atoms with van der Waals surface area (Å²) >= 11 is 0. The second-order valence-electron chi connectivity index (χ2n) is 15.1. The van der Waals surface area contributed by atoms with Gasteiger partial charge in [0, 0.05) is 37.5 Å². The van der Waals surface area contributed by atoms with E-state index in [1.807, 2.05) is 27.1 Å². The van der Waals surface area contributed by atoms with Gasteiger partial charge in [-0.15, -0.1) is 0 Å². The molecule has 5 rings (SSSR count). The number of ketones is 1. The molecule has 242 valence electrons. The Morgan fingerprint density at radius 2 is 1.59 bits per heavy atom. The van der Waals surface area contributed by atoms with Crippen LogP contribution in [0.25, 0.3) is 0 Å². The molecule has 0 heterocycles. The summed E-state index contributed by atoms with van der Waals surface area (Å²) in [6, 6.07) is 8.47. The molecule has 0 aliphatic heterocycles. The van der Waals surface area contributed by atoms with E-state index in [2.05, 4.69) is 81.9 Å². The number of anilines is 1. The number of fused-ring (bicyclic) bond motifs is 4. The summed E-state index contributed by atoms with van der Waals surface area (Å²) in [5.41, 5.74) is 2.73. The lowest BCUT2D eigenvalue weighted by atomic mass is 9.50. The summed E-state index contributed by atoms with van der Waals surface area (Å²) in [6.45, 7) is 14.6. The van der Waals surface area contributed by atoms with Gasteiger partial charge in [0.15, 0.2) is 5.78 Å². The zero-order valence-electron chi connectivity index (χ0n) is 28.3. The highest BCUT2D eigenvalue weighted by atomic mass is 32.3. The standard InChI is InChI=1S/C38H53F2NO2S/c1-24(2)44(25(3)4,26(5)6)21-20-38(39,40)37(43)19-18-34-32-16-12-28-22-30(42)15-17-31(28)35(32)33(23-36(34,37)7)27-10-13-29(14-11-27)41(8)9/h10-11,13-14,22,24-26,32-34,43H,12,15-19,23H2,1-9H3/t32?,33?,34?,36-,37-/m0/s1. The Bertz CT molecular complexity index is 1390. The molecule has 44 heavy (non-hydrogen) atoms. The molecule has 5 atom stereocenters. The van der Waals surface area contributed by atoms with Gasteiger partial charge >= 0.3 is 5.92 Å². The molecule has 4 aliphatic rings. The van der Waals surface area contributed by atoms with E-state index in [1.54, 1.807) is 0 Å². The first kappa shape index (κ1) is 33.3. The van der Waals surface area contributed by atoms with Gasteiger partial charge in [-0.05, 0) is 112 Å². The normalized spacial score (nSPS) is 30.9. The van der Waals surface area contributed by atoms with Gasteiger partial charge in [0.1, 0.15) is 5.60 Å². The van der Waals surface area contributed by atoms with E-state index >= 15 is 8.78 Å². The number of carbonyl (C=O) groups is 1. The van der Waals surface area contributed by atoms with Crippen molar-refractivity contribution < 1.29 is 18.7 Å². The van der Waals surface area contributed by atoms with Gasteiger partial charge in [0.25, 0.3) is 0 Å². The number of nitrogens with zero attached hydrogens (tertiary/aromatic N) is 1. The van der Waals surface area contributed by atoms with E-state index < -0.39 is 27.0 Å². The quantitative estimate of drug-likeness (QED) is 0.321. The van der Waals surface area contributed by atoms with Gasteiger partial charge in [-0.25, -0.2) is 0 Å². The fraction of sp³-hybridized carbons (Fsp3) is 0.658. The summed E-state index contributed by atoms with van der Waals surface area (Å²) in [7, 11) is 2.33. The molecular formula is C38H53F2NO2S. The van der Waals surface area contributed by atoms with Crippen LogP contribution >= 0.6 is 10.0 Å². The molecule has 1 aromatic rings. The molecule has 0 spiro atoms. The van der Waals surface area contributed by atoms with E-state index in [0.29, 0.717) is 19.3 Å². The van der Waals surface area contributed by atoms with Crippen molar-refractivity contribution >= 4 is 21.5 Å². The molecule has 1 aromatic carbocycles. The maximum atomic E-state index is 16.8. The minimum absolute atomic E-state index is 0.0514. The fourth-order valence-electron chi connectivity index (χ4n) is 9.73. The number of benzene rings is 1. The monoisotopic (exact) mass is 625 g/mol. The predicted octanol–water partition coefficient (Wildman–Crippen LogP) is 9.01. The third kappa shape index (κ3) is 5.00. The number of rotatable bonds is 6. The highest BCUT2D eigenvalue weighted by Gasteiger charge is 2.71. The molecule has 6 heteroatoms. The molecule has 0 bridgehead atoms. The number of halogens is 2. The average molecular weight is 626 g/mol. The van der Waals surface area contributed by atoms with E-state index in [1.165, 1.54) is 11.1 Å². The van der Waals surface area contributed by atoms with Crippen LogP contribution in [0.15, 0.2) is 47.1 Å². The van der Waals surface area contributed by atoms with Crippen LogP contribution < -0.4 is 4.90 Å². The smallest absolute Gasteiger partial charge is 0.337 e. The number of hydrogen-bond acceptors (Lipinski definition) is 3. The van der Waals surface area contributed by atoms with Gasteiger partial charge in [0.2, 0.25) is 0 Å². The molecule has 3 unspecified atom stereocenters. The van der Waals surface area contributed by atoms with E-state index in [4.69, 9.17) is 0 Å². The van der Waals surface area contributed by atoms with E-state index in [0.717, 1.165) is 36.1 Å². The van der Waals surface area contributed by atoms with Crippen LogP contribution in [0.5, 0.6) is 0 Å². The molecular weight excluding hydrogens is 572 g/mol. The van der Waals surface area contributed by atoms with Crippen LogP contribution in [-0.4, -0.2) is 52.3 Å². The van der Waals surface area contributed by atoms with E-state index in [-0.39, 0.29) is 45.7 Å². The van der Waals surface area contributed by atoms with Crippen molar-refractivity contribution in [3.05, 3.63) is 52.6 Å². The molecule has 0 saturated heterocycles. The summed E-state index contributed by atoms with van der Waals surface area (Å²) in [5.74, 6) is -0.870. The summed E-state index contributed by atoms with van der Waals surface area (Å²) in [6.07, 6.45) is 5.76. The molecule has 0 radical (unpaired) electrons. The van der Waals surface area contributed by atoms with Crippen molar-refractivity contribution in [3.63, 3.8) is 0 Å². The Morgan fingerprint density at radius 1 is 0.977 bits per heavy atom. The van der Waals surface area contributed by atoms with Gasteiger partial charge in [-0.3, -0.25) is 4.79 Å². The first-order valence-electron chi connectivity index (χ1n) is 16.7. The second kappa shape index (κ2) is 11.6. The fourth-order valence-corrected chi connectivity index (χ4v) is 14.0. The summed E-state index contributed by atoms with van der Waals surface area (Å²) < 4.78 is 33.6. The first-order chi connectivity index (χ1) is 20.5. The van der Waals surface area contributed by atoms with Crippen molar-refractivity contribution in [2.24, 2.45) is 17.3 Å². The minimum Gasteiger partial charge on any atom is -0.382 e. The van der Waals surface area contributed by atoms with Crippen LogP contribution in [0, 0.1) is 28.4 Å². The number of hydrogen-bond donors (Lipinski definition) is 1. The number of carbonyl (C=O) groups excluding carboxylic acids is 1. The zero-order valence-corrected chi connectivity index (χ0v) is 29.1. The van der Waals surface area contributed by atoms with E-state index in [9.17, 15) is 9.90 Å². The maximum Gasteiger partial charge on any atom is 0.337 e. The molecule has 2 fully saturated rings. The molecule has 0 amide bonds. The van der Waals surface area contributed by atoms with Crippen LogP contribution in [0.1, 0.15) is 105 Å². The van der Waals surface area contributed by atoms with Gasteiger partial charge in [-0.1, -0.05) is 66.2 Å². The highest BCUT2D eigenvalue weighted by Crippen LogP contribution is 2.69. The topological polar surface area (TPSA) is 40.5 Å². The minimum atomic E-state index is -3.53. The Hall–Kier alpha value is -2.10. The number of allylic oxidation sites excluding steroid dienone is 4. The zero-order chi connectivity index (χ0) is 32.4. The summed E-state index contributed by atoms with van der Waals surface area (Å²) in [4.78, 5) is 14.4. The maximum absolute atomic E-state index is 16.8. The average Bonchev–Trinajstić information content (AvgIpc) is 3.23. The third-order valence-electron chi connectivity index (χ3n) is 11.9. The van der Waals surface area contributed by atoms with Crippen molar-refractivity contribution in [1.29, 1.82) is 0 Å². The van der Waals surface area contributed by atoms with Crippen LogP contribution in [0.3, 0.4) is 0 Å².